The fraction of sp³-hybridized carbons (Fsp3) is 0.304. The van der Waals surface area contributed by atoms with Crippen LogP contribution in [0.1, 0.15) is 37.6 Å². The molecular formula is C23H27N6O4P. The summed E-state index contributed by atoms with van der Waals surface area (Å²) in [6.07, 6.45) is 3.51. The standard InChI is InChI=1S/C23H27N6O4P/c1-5-32-34(31,33-6-2)15-18-10-7-9-17(13-18)14-28-21-20(26-23(28)30)19(16(3)4)25-22(27-21)29-12-8-11-24-29/h7-13H,3,5-6,14-15H2,1-2,4H3,(H,26,30). The van der Waals surface area contributed by atoms with E-state index in [-0.39, 0.29) is 18.4 Å². The number of fused-ring (bicyclic) bond motifs is 1. The molecule has 0 aliphatic carbocycles. The van der Waals surface area contributed by atoms with Gasteiger partial charge in [0.25, 0.3) is 5.95 Å². The van der Waals surface area contributed by atoms with Crippen molar-refractivity contribution >= 4 is 24.3 Å². The molecule has 4 rings (SSSR count). The summed E-state index contributed by atoms with van der Waals surface area (Å²) in [5.41, 5.74) is 3.53. The minimum Gasteiger partial charge on any atom is -0.309 e. The maximum atomic E-state index is 13.0. The maximum Gasteiger partial charge on any atom is 0.335 e. The first kappa shape index (κ1) is 23.8. The highest BCUT2D eigenvalue weighted by molar-refractivity contribution is 7.53. The number of H-pyrrole nitrogens is 1. The Hall–Kier alpha value is -3.33. The first-order valence-electron chi connectivity index (χ1n) is 11.0. The number of nitrogens with zero attached hydrogens (tertiary/aromatic N) is 5. The van der Waals surface area contributed by atoms with Crippen molar-refractivity contribution in [3.8, 4) is 5.95 Å². The van der Waals surface area contributed by atoms with Gasteiger partial charge >= 0.3 is 13.3 Å². The summed E-state index contributed by atoms with van der Waals surface area (Å²) in [6, 6.07) is 9.29. The van der Waals surface area contributed by atoms with Crippen molar-refractivity contribution in [1.82, 2.24) is 29.3 Å². The molecule has 1 aromatic carbocycles. The lowest BCUT2D eigenvalue weighted by atomic mass is 10.1. The van der Waals surface area contributed by atoms with Gasteiger partial charge in [-0.3, -0.25) is 9.13 Å². The zero-order valence-corrected chi connectivity index (χ0v) is 20.3. The van der Waals surface area contributed by atoms with E-state index >= 15 is 0 Å². The molecule has 0 saturated heterocycles. The van der Waals surface area contributed by atoms with Gasteiger partial charge in [-0.1, -0.05) is 30.8 Å². The molecule has 0 unspecified atom stereocenters. The Morgan fingerprint density at radius 1 is 1.15 bits per heavy atom. The molecule has 0 aliphatic rings. The molecule has 11 heteroatoms. The van der Waals surface area contributed by atoms with Crippen molar-refractivity contribution in [2.45, 2.75) is 33.5 Å². The molecule has 10 nitrogen and oxygen atoms in total. The van der Waals surface area contributed by atoms with Crippen molar-refractivity contribution in [2.24, 2.45) is 0 Å². The Morgan fingerprint density at radius 3 is 2.53 bits per heavy atom. The molecule has 3 heterocycles. The Kier molecular flexibility index (Phi) is 6.92. The molecular weight excluding hydrogens is 455 g/mol. The monoisotopic (exact) mass is 482 g/mol. The first-order chi connectivity index (χ1) is 16.3. The van der Waals surface area contributed by atoms with Crippen molar-refractivity contribution in [2.75, 3.05) is 13.2 Å². The van der Waals surface area contributed by atoms with Gasteiger partial charge in [0.1, 0.15) is 5.52 Å². The van der Waals surface area contributed by atoms with E-state index in [1.165, 1.54) is 4.68 Å². The van der Waals surface area contributed by atoms with Gasteiger partial charge < -0.3 is 14.0 Å². The van der Waals surface area contributed by atoms with Crippen LogP contribution in [0.3, 0.4) is 0 Å². The summed E-state index contributed by atoms with van der Waals surface area (Å²) in [5.74, 6) is 0.339. The third kappa shape index (κ3) is 4.94. The van der Waals surface area contributed by atoms with Gasteiger partial charge in [-0.05, 0) is 43.5 Å². The van der Waals surface area contributed by atoms with Crippen LogP contribution in [0.4, 0.5) is 0 Å². The highest BCUT2D eigenvalue weighted by Gasteiger charge is 2.24. The van der Waals surface area contributed by atoms with Crippen LogP contribution in [-0.2, 0) is 26.3 Å². The van der Waals surface area contributed by atoms with E-state index in [2.05, 4.69) is 26.6 Å². The van der Waals surface area contributed by atoms with Gasteiger partial charge in [0.2, 0.25) is 0 Å². The SMILES string of the molecule is C=C(C)c1nc(-n2cccn2)nc2c1[nH]c(=O)n2Cc1cccc(CP(=O)(OCC)OCC)c1. The Bertz CT molecular complexity index is 1410. The fourth-order valence-corrected chi connectivity index (χ4v) is 5.41. The summed E-state index contributed by atoms with van der Waals surface area (Å²) in [7, 11) is -3.25. The number of imidazole rings is 1. The third-order valence-corrected chi connectivity index (χ3v) is 7.14. The van der Waals surface area contributed by atoms with Crippen LogP contribution in [0.15, 0.2) is 54.1 Å². The predicted molar refractivity (Wildman–Crippen MR) is 130 cm³/mol. The van der Waals surface area contributed by atoms with Gasteiger partial charge in [-0.25, -0.2) is 14.5 Å². The van der Waals surface area contributed by atoms with E-state index < -0.39 is 7.60 Å². The number of hydrogen-bond donors (Lipinski definition) is 1. The average molecular weight is 482 g/mol. The first-order valence-corrected chi connectivity index (χ1v) is 12.7. The van der Waals surface area contributed by atoms with Crippen molar-refractivity contribution in [3.05, 3.63) is 76.6 Å². The smallest absolute Gasteiger partial charge is 0.309 e. The lowest BCUT2D eigenvalue weighted by molar-refractivity contribution is 0.219. The summed E-state index contributed by atoms with van der Waals surface area (Å²) < 4.78 is 26.9. The molecule has 0 amide bonds. The zero-order chi connectivity index (χ0) is 24.3. The van der Waals surface area contributed by atoms with E-state index in [1.807, 2.05) is 31.2 Å². The minimum absolute atomic E-state index is 0.150. The second-order valence-corrected chi connectivity index (χ2v) is 9.80. The Morgan fingerprint density at radius 2 is 1.88 bits per heavy atom. The molecule has 0 aliphatic heterocycles. The van der Waals surface area contributed by atoms with Crippen LogP contribution in [0.5, 0.6) is 0 Å². The number of nitrogens with one attached hydrogen (secondary N) is 1. The van der Waals surface area contributed by atoms with Gasteiger partial charge in [0, 0.05) is 12.4 Å². The topological polar surface area (TPSA) is 117 Å². The number of aromatic nitrogens is 6. The Balaban J connectivity index is 1.73. The lowest BCUT2D eigenvalue weighted by Gasteiger charge is -2.17. The summed E-state index contributed by atoms with van der Waals surface area (Å²) >= 11 is 0. The number of hydrogen-bond acceptors (Lipinski definition) is 7. The van der Waals surface area contributed by atoms with Crippen LogP contribution in [0, 0.1) is 0 Å². The fourth-order valence-electron chi connectivity index (χ4n) is 3.72. The van der Waals surface area contributed by atoms with Crippen LogP contribution in [0.25, 0.3) is 22.7 Å². The number of allylic oxidation sites excluding steroid dienone is 1. The molecule has 3 aromatic heterocycles. The van der Waals surface area contributed by atoms with E-state index in [0.717, 1.165) is 11.1 Å². The van der Waals surface area contributed by atoms with Crippen LogP contribution in [-0.4, -0.2) is 42.5 Å². The van der Waals surface area contributed by atoms with Crippen molar-refractivity contribution in [3.63, 3.8) is 0 Å². The number of benzene rings is 1. The number of aromatic amines is 1. The number of rotatable bonds is 10. The molecule has 0 atom stereocenters. The zero-order valence-electron chi connectivity index (χ0n) is 19.4. The molecule has 0 fully saturated rings. The Labute approximate surface area is 196 Å². The molecule has 4 aromatic rings. The van der Waals surface area contributed by atoms with E-state index in [4.69, 9.17) is 9.05 Å². The van der Waals surface area contributed by atoms with Crippen LogP contribution >= 0.6 is 7.60 Å². The maximum absolute atomic E-state index is 13.0. The van der Waals surface area contributed by atoms with Gasteiger partial charge in [0.15, 0.2) is 5.65 Å². The van der Waals surface area contributed by atoms with Crippen molar-refractivity contribution in [1.29, 1.82) is 0 Å². The highest BCUT2D eigenvalue weighted by Crippen LogP contribution is 2.51. The molecule has 0 saturated carbocycles. The van der Waals surface area contributed by atoms with Crippen LogP contribution < -0.4 is 5.69 Å². The molecule has 0 bridgehead atoms. The quantitative estimate of drug-likeness (QED) is 0.338. The van der Waals surface area contributed by atoms with E-state index in [0.29, 0.717) is 41.6 Å². The average Bonchev–Trinajstić information content (AvgIpc) is 3.42. The second kappa shape index (κ2) is 9.89. The lowest BCUT2D eigenvalue weighted by Crippen LogP contribution is -2.18. The normalized spacial score (nSPS) is 11.9. The highest BCUT2D eigenvalue weighted by atomic mass is 31.2. The summed E-state index contributed by atoms with van der Waals surface area (Å²) in [4.78, 5) is 24.9. The largest absolute Gasteiger partial charge is 0.335 e. The summed E-state index contributed by atoms with van der Waals surface area (Å²) in [6.45, 7) is 10.2. The van der Waals surface area contributed by atoms with Gasteiger partial charge in [-0.15, -0.1) is 0 Å². The second-order valence-electron chi connectivity index (χ2n) is 7.74. The minimum atomic E-state index is -3.25. The molecule has 178 valence electrons. The van der Waals surface area contributed by atoms with Gasteiger partial charge in [0.05, 0.1) is 31.6 Å². The van der Waals surface area contributed by atoms with E-state index in [1.54, 1.807) is 36.9 Å². The van der Waals surface area contributed by atoms with Crippen molar-refractivity contribution < 1.29 is 13.6 Å². The molecule has 1 N–H and O–H groups in total. The third-order valence-electron chi connectivity index (χ3n) is 5.08. The van der Waals surface area contributed by atoms with Crippen LogP contribution in [0.2, 0.25) is 0 Å². The summed E-state index contributed by atoms with van der Waals surface area (Å²) in [5, 5.41) is 4.20. The van der Waals surface area contributed by atoms with E-state index in [9.17, 15) is 9.36 Å². The molecule has 0 radical (unpaired) electrons. The van der Waals surface area contributed by atoms with Gasteiger partial charge in [-0.2, -0.15) is 10.1 Å². The molecule has 34 heavy (non-hydrogen) atoms. The predicted octanol–water partition coefficient (Wildman–Crippen LogP) is 4.15. The molecule has 0 spiro atoms.